The number of nitrogens with zero attached hydrogens (tertiary/aromatic N) is 1. The van der Waals surface area contributed by atoms with Crippen LogP contribution in [0.25, 0.3) is 0 Å². The number of nitrogens with one attached hydrogen (secondary N) is 1. The van der Waals surface area contributed by atoms with Crippen LogP contribution in [0, 0.1) is 11.8 Å². The van der Waals surface area contributed by atoms with E-state index in [1.54, 1.807) is 0 Å². The largest absolute Gasteiger partial charge is 0.367 e. The molecule has 0 aliphatic carbocycles. The van der Waals surface area contributed by atoms with Gasteiger partial charge in [-0.05, 0) is 23.5 Å². The van der Waals surface area contributed by atoms with Gasteiger partial charge in [0, 0.05) is 32.0 Å². The van der Waals surface area contributed by atoms with Gasteiger partial charge in [0.15, 0.2) is 0 Å². The summed E-state index contributed by atoms with van der Waals surface area (Å²) in [5, 5.41) is 0. The molecule has 1 N–H and O–H groups in total. The summed E-state index contributed by atoms with van der Waals surface area (Å²) in [5.41, 5.74) is 1.40. The molecule has 0 bridgehead atoms. The standard InChI is InChI=1S/C11H18N2/c1-9(2)11-7-13(8-11)6-10-3-4-12-5-10/h3-5,9,11-12H,6-8H2,1-2H3. The van der Waals surface area contributed by atoms with Crippen LogP contribution in [-0.2, 0) is 6.54 Å². The van der Waals surface area contributed by atoms with E-state index in [1.807, 2.05) is 6.20 Å². The Balaban J connectivity index is 1.76. The van der Waals surface area contributed by atoms with Gasteiger partial charge in [-0.2, -0.15) is 0 Å². The fourth-order valence-electron chi connectivity index (χ4n) is 1.88. The third kappa shape index (κ3) is 1.94. The molecule has 0 unspecified atom stereocenters. The van der Waals surface area contributed by atoms with E-state index >= 15 is 0 Å². The summed E-state index contributed by atoms with van der Waals surface area (Å²) in [7, 11) is 0. The van der Waals surface area contributed by atoms with Crippen molar-refractivity contribution in [2.24, 2.45) is 11.8 Å². The number of hydrogen-bond acceptors (Lipinski definition) is 1. The van der Waals surface area contributed by atoms with Crippen molar-refractivity contribution in [3.05, 3.63) is 24.0 Å². The molecule has 0 amide bonds. The van der Waals surface area contributed by atoms with Crippen molar-refractivity contribution in [2.45, 2.75) is 20.4 Å². The summed E-state index contributed by atoms with van der Waals surface area (Å²) < 4.78 is 0. The van der Waals surface area contributed by atoms with Gasteiger partial charge in [0.05, 0.1) is 0 Å². The van der Waals surface area contributed by atoms with Crippen LogP contribution >= 0.6 is 0 Å². The molecule has 1 aromatic rings. The second-order valence-electron chi connectivity index (χ2n) is 4.42. The maximum absolute atomic E-state index is 3.09. The number of likely N-dealkylation sites (tertiary alicyclic amines) is 1. The van der Waals surface area contributed by atoms with Crippen molar-refractivity contribution < 1.29 is 0 Å². The molecule has 2 heterocycles. The molecule has 0 atom stereocenters. The molecule has 2 nitrogen and oxygen atoms in total. The van der Waals surface area contributed by atoms with Crippen molar-refractivity contribution >= 4 is 0 Å². The summed E-state index contributed by atoms with van der Waals surface area (Å²) in [6.07, 6.45) is 4.08. The molecule has 2 rings (SSSR count). The molecule has 72 valence electrons. The molecule has 0 radical (unpaired) electrons. The van der Waals surface area contributed by atoms with E-state index in [9.17, 15) is 0 Å². The number of H-pyrrole nitrogens is 1. The fraction of sp³-hybridized carbons (Fsp3) is 0.636. The van der Waals surface area contributed by atoms with Crippen LogP contribution in [0.4, 0.5) is 0 Å². The van der Waals surface area contributed by atoms with Gasteiger partial charge < -0.3 is 4.98 Å². The van der Waals surface area contributed by atoms with E-state index in [0.717, 1.165) is 18.4 Å². The minimum atomic E-state index is 0.850. The monoisotopic (exact) mass is 178 g/mol. The second kappa shape index (κ2) is 3.54. The smallest absolute Gasteiger partial charge is 0.0248 e. The maximum Gasteiger partial charge on any atom is 0.0248 e. The summed E-state index contributed by atoms with van der Waals surface area (Å²) >= 11 is 0. The van der Waals surface area contributed by atoms with Crippen molar-refractivity contribution in [3.63, 3.8) is 0 Å². The van der Waals surface area contributed by atoms with Gasteiger partial charge >= 0.3 is 0 Å². The third-order valence-corrected chi connectivity index (χ3v) is 3.00. The second-order valence-corrected chi connectivity index (χ2v) is 4.42. The van der Waals surface area contributed by atoms with Gasteiger partial charge in [-0.25, -0.2) is 0 Å². The molecule has 1 fully saturated rings. The van der Waals surface area contributed by atoms with Gasteiger partial charge in [0.1, 0.15) is 0 Å². The van der Waals surface area contributed by atoms with Gasteiger partial charge in [-0.15, -0.1) is 0 Å². The van der Waals surface area contributed by atoms with Gasteiger partial charge in [-0.3, -0.25) is 4.90 Å². The van der Waals surface area contributed by atoms with E-state index in [1.165, 1.54) is 18.7 Å². The normalized spacial score (nSPS) is 19.3. The van der Waals surface area contributed by atoms with E-state index in [0.29, 0.717) is 0 Å². The zero-order chi connectivity index (χ0) is 9.26. The molecule has 13 heavy (non-hydrogen) atoms. The molecular weight excluding hydrogens is 160 g/mol. The Labute approximate surface area is 79.9 Å². The van der Waals surface area contributed by atoms with Crippen molar-refractivity contribution in [1.29, 1.82) is 0 Å². The van der Waals surface area contributed by atoms with Gasteiger partial charge in [0.25, 0.3) is 0 Å². The van der Waals surface area contributed by atoms with Gasteiger partial charge in [0.2, 0.25) is 0 Å². The van der Waals surface area contributed by atoms with E-state index in [2.05, 4.69) is 36.0 Å². The Bertz CT molecular complexity index is 245. The topological polar surface area (TPSA) is 19.0 Å². The molecule has 1 aromatic heterocycles. The predicted octanol–water partition coefficient (Wildman–Crippen LogP) is 2.10. The minimum absolute atomic E-state index is 0.850. The minimum Gasteiger partial charge on any atom is -0.367 e. The Hall–Kier alpha value is -0.760. The molecule has 2 heteroatoms. The Kier molecular flexibility index (Phi) is 2.40. The highest BCUT2D eigenvalue weighted by molar-refractivity contribution is 5.08. The van der Waals surface area contributed by atoms with Crippen molar-refractivity contribution in [3.8, 4) is 0 Å². The SMILES string of the molecule is CC(C)C1CN(Cc2cc[nH]c2)C1. The third-order valence-electron chi connectivity index (χ3n) is 3.00. The molecule has 0 aromatic carbocycles. The fourth-order valence-corrected chi connectivity index (χ4v) is 1.88. The average molecular weight is 178 g/mol. The maximum atomic E-state index is 3.09. The lowest BCUT2D eigenvalue weighted by Gasteiger charge is -2.41. The molecular formula is C11H18N2. The van der Waals surface area contributed by atoms with Gasteiger partial charge in [-0.1, -0.05) is 13.8 Å². The number of rotatable bonds is 3. The van der Waals surface area contributed by atoms with Crippen LogP contribution in [0.2, 0.25) is 0 Å². The van der Waals surface area contributed by atoms with E-state index in [4.69, 9.17) is 0 Å². The number of aromatic nitrogens is 1. The highest BCUT2D eigenvalue weighted by Crippen LogP contribution is 2.24. The quantitative estimate of drug-likeness (QED) is 0.751. The van der Waals surface area contributed by atoms with Crippen LogP contribution in [0.15, 0.2) is 18.5 Å². The van der Waals surface area contributed by atoms with Crippen LogP contribution < -0.4 is 0 Å². The predicted molar refractivity (Wildman–Crippen MR) is 54.4 cm³/mol. The van der Waals surface area contributed by atoms with Crippen LogP contribution in [0.5, 0.6) is 0 Å². The Morgan fingerprint density at radius 2 is 2.31 bits per heavy atom. The Morgan fingerprint density at radius 3 is 2.85 bits per heavy atom. The first-order valence-electron chi connectivity index (χ1n) is 5.09. The van der Waals surface area contributed by atoms with Crippen molar-refractivity contribution in [1.82, 2.24) is 9.88 Å². The summed E-state index contributed by atoms with van der Waals surface area (Å²) in [4.78, 5) is 5.60. The summed E-state index contributed by atoms with van der Waals surface area (Å²) in [6, 6.07) is 2.16. The highest BCUT2D eigenvalue weighted by atomic mass is 15.2. The van der Waals surface area contributed by atoms with Crippen LogP contribution in [-0.4, -0.2) is 23.0 Å². The molecule has 1 aliphatic heterocycles. The first-order valence-corrected chi connectivity index (χ1v) is 5.09. The summed E-state index contributed by atoms with van der Waals surface area (Å²) in [6.45, 7) is 8.31. The zero-order valence-corrected chi connectivity index (χ0v) is 8.46. The molecule has 0 spiro atoms. The lowest BCUT2D eigenvalue weighted by molar-refractivity contribution is 0.0615. The first kappa shape index (κ1) is 8.82. The van der Waals surface area contributed by atoms with Crippen LogP contribution in [0.3, 0.4) is 0 Å². The zero-order valence-electron chi connectivity index (χ0n) is 8.46. The molecule has 1 aliphatic rings. The van der Waals surface area contributed by atoms with Crippen LogP contribution in [0.1, 0.15) is 19.4 Å². The van der Waals surface area contributed by atoms with E-state index < -0.39 is 0 Å². The molecule has 0 saturated carbocycles. The van der Waals surface area contributed by atoms with E-state index in [-0.39, 0.29) is 0 Å². The lowest BCUT2D eigenvalue weighted by atomic mass is 9.88. The highest BCUT2D eigenvalue weighted by Gasteiger charge is 2.28. The summed E-state index contributed by atoms with van der Waals surface area (Å²) in [5.74, 6) is 1.78. The number of hydrogen-bond donors (Lipinski definition) is 1. The number of aromatic amines is 1. The first-order chi connectivity index (χ1) is 6.25. The lowest BCUT2D eigenvalue weighted by Crippen LogP contribution is -2.48. The molecule has 1 saturated heterocycles. The average Bonchev–Trinajstić information content (AvgIpc) is 2.46. The Morgan fingerprint density at radius 1 is 1.54 bits per heavy atom. The van der Waals surface area contributed by atoms with Crippen molar-refractivity contribution in [2.75, 3.05) is 13.1 Å².